The van der Waals surface area contributed by atoms with Gasteiger partial charge in [-0.15, -0.1) is 0 Å². The van der Waals surface area contributed by atoms with Crippen molar-refractivity contribution in [2.45, 2.75) is 6.92 Å². The quantitative estimate of drug-likeness (QED) is 0.803. The molecular weight excluding hydrogens is 206 g/mol. The monoisotopic (exact) mass is 218 g/mol. The average molecular weight is 218 g/mol. The SMILES string of the molecule is CCOC(=O)c1cc2[nH]c[c]c2cc1OC. The van der Waals surface area contributed by atoms with Crippen LogP contribution in [0, 0.1) is 6.07 Å². The van der Waals surface area contributed by atoms with E-state index < -0.39 is 0 Å². The molecule has 0 aliphatic carbocycles. The maximum atomic E-state index is 11.7. The normalized spacial score (nSPS) is 10.4. The van der Waals surface area contributed by atoms with E-state index in [2.05, 4.69) is 11.1 Å². The molecule has 0 bridgehead atoms. The summed E-state index contributed by atoms with van der Waals surface area (Å²) >= 11 is 0. The minimum atomic E-state index is -0.379. The molecule has 0 aliphatic rings. The van der Waals surface area contributed by atoms with Crippen molar-refractivity contribution in [2.75, 3.05) is 13.7 Å². The Hall–Kier alpha value is -1.97. The lowest BCUT2D eigenvalue weighted by molar-refractivity contribution is 0.0523. The summed E-state index contributed by atoms with van der Waals surface area (Å²) in [7, 11) is 1.52. The predicted octanol–water partition coefficient (Wildman–Crippen LogP) is 2.15. The standard InChI is InChI=1S/C12H12NO3/c1-3-16-12(14)9-7-10-8(4-5-13-10)6-11(9)15-2/h5-7,13H,3H2,1-2H3. The Morgan fingerprint density at radius 2 is 2.31 bits per heavy atom. The van der Waals surface area contributed by atoms with Gasteiger partial charge < -0.3 is 14.5 Å². The van der Waals surface area contributed by atoms with Crippen molar-refractivity contribution in [1.82, 2.24) is 4.98 Å². The fourth-order valence-corrected chi connectivity index (χ4v) is 1.55. The lowest BCUT2D eigenvalue weighted by Gasteiger charge is -2.07. The van der Waals surface area contributed by atoms with E-state index in [0.717, 1.165) is 10.9 Å². The molecule has 1 aromatic carbocycles. The van der Waals surface area contributed by atoms with Gasteiger partial charge in [-0.05, 0) is 19.1 Å². The molecule has 0 spiro atoms. The average Bonchev–Trinajstić information content (AvgIpc) is 2.74. The van der Waals surface area contributed by atoms with E-state index >= 15 is 0 Å². The summed E-state index contributed by atoms with van der Waals surface area (Å²) in [4.78, 5) is 14.7. The van der Waals surface area contributed by atoms with Crippen LogP contribution in [0.5, 0.6) is 5.75 Å². The molecule has 2 rings (SSSR count). The summed E-state index contributed by atoms with van der Waals surface area (Å²) in [5.41, 5.74) is 1.26. The van der Waals surface area contributed by atoms with Gasteiger partial charge in [0.2, 0.25) is 0 Å². The minimum Gasteiger partial charge on any atom is -0.496 e. The van der Waals surface area contributed by atoms with Gasteiger partial charge in [0.25, 0.3) is 0 Å². The highest BCUT2D eigenvalue weighted by atomic mass is 16.5. The molecule has 0 atom stereocenters. The molecule has 1 radical (unpaired) electrons. The Morgan fingerprint density at radius 1 is 1.50 bits per heavy atom. The van der Waals surface area contributed by atoms with Crippen LogP contribution < -0.4 is 4.74 Å². The smallest absolute Gasteiger partial charge is 0.341 e. The number of fused-ring (bicyclic) bond motifs is 1. The third-order valence-electron chi connectivity index (χ3n) is 2.29. The van der Waals surface area contributed by atoms with Crippen LogP contribution in [0.2, 0.25) is 0 Å². The largest absolute Gasteiger partial charge is 0.496 e. The van der Waals surface area contributed by atoms with Crippen LogP contribution in [0.3, 0.4) is 0 Å². The zero-order valence-electron chi connectivity index (χ0n) is 9.16. The number of esters is 1. The molecule has 0 saturated heterocycles. The van der Waals surface area contributed by atoms with Gasteiger partial charge in [0, 0.05) is 23.2 Å². The van der Waals surface area contributed by atoms with E-state index in [1.54, 1.807) is 25.3 Å². The Labute approximate surface area is 93.2 Å². The molecule has 1 aromatic heterocycles. The van der Waals surface area contributed by atoms with Crippen LogP contribution in [0.15, 0.2) is 18.3 Å². The number of hydrogen-bond acceptors (Lipinski definition) is 3. The van der Waals surface area contributed by atoms with Gasteiger partial charge in [-0.2, -0.15) is 0 Å². The highest BCUT2D eigenvalue weighted by Gasteiger charge is 2.14. The number of aromatic nitrogens is 1. The van der Waals surface area contributed by atoms with Gasteiger partial charge in [0.05, 0.1) is 13.7 Å². The summed E-state index contributed by atoms with van der Waals surface area (Å²) in [6.45, 7) is 2.11. The Balaban J connectivity index is 2.52. The number of H-pyrrole nitrogens is 1. The molecule has 83 valence electrons. The van der Waals surface area contributed by atoms with Crippen LogP contribution in [0.1, 0.15) is 17.3 Å². The number of methoxy groups -OCH3 is 1. The van der Waals surface area contributed by atoms with E-state index in [4.69, 9.17) is 9.47 Å². The van der Waals surface area contributed by atoms with Crippen molar-refractivity contribution in [3.05, 3.63) is 30.0 Å². The van der Waals surface area contributed by atoms with Crippen molar-refractivity contribution in [1.29, 1.82) is 0 Å². The Morgan fingerprint density at radius 3 is 3.00 bits per heavy atom. The second-order valence-corrected chi connectivity index (χ2v) is 3.25. The molecule has 4 heteroatoms. The first kappa shape index (κ1) is 10.5. The van der Waals surface area contributed by atoms with Crippen molar-refractivity contribution in [3.63, 3.8) is 0 Å². The predicted molar refractivity (Wildman–Crippen MR) is 59.6 cm³/mol. The molecule has 0 saturated carbocycles. The topological polar surface area (TPSA) is 51.3 Å². The number of carbonyl (C=O) groups is 1. The summed E-state index contributed by atoms with van der Waals surface area (Å²) in [5.74, 6) is 0.123. The summed E-state index contributed by atoms with van der Waals surface area (Å²) in [6, 6.07) is 6.48. The number of rotatable bonds is 3. The van der Waals surface area contributed by atoms with Crippen molar-refractivity contribution in [3.8, 4) is 5.75 Å². The Bertz CT molecular complexity index is 516. The van der Waals surface area contributed by atoms with E-state index in [0.29, 0.717) is 17.9 Å². The molecule has 4 nitrogen and oxygen atoms in total. The Kier molecular flexibility index (Phi) is 2.81. The number of aromatic amines is 1. The van der Waals surface area contributed by atoms with Crippen molar-refractivity contribution < 1.29 is 14.3 Å². The van der Waals surface area contributed by atoms with Crippen LogP contribution in [-0.2, 0) is 4.74 Å². The van der Waals surface area contributed by atoms with Gasteiger partial charge >= 0.3 is 5.97 Å². The second-order valence-electron chi connectivity index (χ2n) is 3.25. The lowest BCUT2D eigenvalue weighted by Crippen LogP contribution is -2.06. The van der Waals surface area contributed by atoms with Gasteiger partial charge in [-0.3, -0.25) is 0 Å². The van der Waals surface area contributed by atoms with Gasteiger partial charge in [0.1, 0.15) is 11.3 Å². The second kappa shape index (κ2) is 4.26. The number of benzene rings is 1. The summed E-state index contributed by atoms with van der Waals surface area (Å²) in [5, 5.41) is 0.880. The molecule has 0 amide bonds. The third kappa shape index (κ3) is 1.74. The molecule has 0 unspecified atom stereocenters. The minimum absolute atomic E-state index is 0.344. The number of ether oxygens (including phenoxy) is 2. The zero-order chi connectivity index (χ0) is 11.5. The van der Waals surface area contributed by atoms with Crippen LogP contribution >= 0.6 is 0 Å². The van der Waals surface area contributed by atoms with E-state index in [9.17, 15) is 4.79 Å². The molecule has 2 aromatic rings. The molecule has 1 N–H and O–H groups in total. The van der Waals surface area contributed by atoms with E-state index in [-0.39, 0.29) is 5.97 Å². The molecule has 0 aliphatic heterocycles. The van der Waals surface area contributed by atoms with Crippen molar-refractivity contribution in [2.24, 2.45) is 0 Å². The fraction of sp³-hybridized carbons (Fsp3) is 0.250. The lowest BCUT2D eigenvalue weighted by atomic mass is 10.1. The highest BCUT2D eigenvalue weighted by molar-refractivity contribution is 5.97. The number of nitrogens with one attached hydrogen (secondary N) is 1. The van der Waals surface area contributed by atoms with E-state index in [1.165, 1.54) is 7.11 Å². The van der Waals surface area contributed by atoms with Gasteiger partial charge in [-0.25, -0.2) is 4.79 Å². The summed E-state index contributed by atoms with van der Waals surface area (Å²) in [6.07, 6.45) is 1.69. The summed E-state index contributed by atoms with van der Waals surface area (Å²) < 4.78 is 10.1. The van der Waals surface area contributed by atoms with Gasteiger partial charge in [0.15, 0.2) is 0 Å². The first-order chi connectivity index (χ1) is 7.76. The number of carbonyl (C=O) groups excluding carboxylic acids is 1. The van der Waals surface area contributed by atoms with Crippen LogP contribution in [0.4, 0.5) is 0 Å². The number of hydrogen-bond donors (Lipinski definition) is 1. The van der Waals surface area contributed by atoms with Gasteiger partial charge in [-0.1, -0.05) is 0 Å². The third-order valence-corrected chi connectivity index (χ3v) is 2.29. The maximum Gasteiger partial charge on any atom is 0.341 e. The molecule has 0 fully saturated rings. The maximum absolute atomic E-state index is 11.7. The van der Waals surface area contributed by atoms with E-state index in [1.807, 2.05) is 0 Å². The first-order valence-electron chi connectivity index (χ1n) is 5.00. The molecular formula is C12H12NO3. The molecule has 16 heavy (non-hydrogen) atoms. The fourth-order valence-electron chi connectivity index (χ4n) is 1.55. The van der Waals surface area contributed by atoms with Crippen LogP contribution in [0.25, 0.3) is 10.9 Å². The molecule has 1 heterocycles. The highest BCUT2D eigenvalue weighted by Crippen LogP contribution is 2.25. The van der Waals surface area contributed by atoms with Crippen molar-refractivity contribution >= 4 is 16.9 Å². The van der Waals surface area contributed by atoms with Crippen LogP contribution in [-0.4, -0.2) is 24.7 Å². The zero-order valence-corrected chi connectivity index (χ0v) is 9.16. The first-order valence-corrected chi connectivity index (χ1v) is 5.00.